The van der Waals surface area contributed by atoms with Gasteiger partial charge in [0.2, 0.25) is 0 Å². The molecule has 0 radical (unpaired) electrons. The van der Waals surface area contributed by atoms with E-state index in [9.17, 15) is 0 Å². The van der Waals surface area contributed by atoms with Crippen LogP contribution in [0.25, 0.3) is 0 Å². The zero-order valence-corrected chi connectivity index (χ0v) is 8.38. The second kappa shape index (κ2) is 6.25. The number of likely N-dealkylation sites (N-methyl/N-ethyl adjacent to an activating group) is 1. The minimum Gasteiger partial charge on any atom is -0.384 e. The summed E-state index contributed by atoms with van der Waals surface area (Å²) in [7, 11) is 4.03. The summed E-state index contributed by atoms with van der Waals surface area (Å²) in [6, 6.07) is 0. The molecule has 4 heteroatoms. The van der Waals surface area contributed by atoms with Crippen molar-refractivity contribution in [2.75, 3.05) is 27.2 Å². The lowest BCUT2D eigenvalue weighted by Crippen LogP contribution is -2.26. The van der Waals surface area contributed by atoms with E-state index in [1.54, 1.807) is 6.21 Å². The predicted octanol–water partition coefficient (Wildman–Crippen LogP) is 0.152. The van der Waals surface area contributed by atoms with E-state index in [1.165, 1.54) is 0 Å². The van der Waals surface area contributed by atoms with Gasteiger partial charge in [-0.3, -0.25) is 0 Å². The third-order valence-electron chi connectivity index (χ3n) is 1.30. The van der Waals surface area contributed by atoms with Crippen molar-refractivity contribution in [1.29, 1.82) is 0 Å². The van der Waals surface area contributed by atoms with Crippen molar-refractivity contribution < 1.29 is 0 Å². The van der Waals surface area contributed by atoms with Crippen molar-refractivity contribution in [3.63, 3.8) is 0 Å². The second-order valence-electron chi connectivity index (χ2n) is 3.00. The molecular weight excluding hydrogens is 164 g/mol. The molecule has 0 fully saturated rings. The molecule has 0 heterocycles. The van der Waals surface area contributed by atoms with Gasteiger partial charge in [-0.2, -0.15) is 0 Å². The van der Waals surface area contributed by atoms with Crippen molar-refractivity contribution >= 4 is 6.21 Å². The minimum absolute atomic E-state index is 0.288. The van der Waals surface area contributed by atoms with Gasteiger partial charge in [0.25, 0.3) is 0 Å². The highest BCUT2D eigenvalue weighted by Gasteiger charge is 1.90. The first-order valence-corrected chi connectivity index (χ1v) is 4.08. The molecule has 0 aliphatic rings. The van der Waals surface area contributed by atoms with Gasteiger partial charge in [0, 0.05) is 18.8 Å². The van der Waals surface area contributed by atoms with Crippen molar-refractivity contribution in [2.45, 2.75) is 0 Å². The highest BCUT2D eigenvalue weighted by atomic mass is 15.1. The smallest absolute Gasteiger partial charge is 0.116 e. The molecule has 0 aromatic heterocycles. The molecule has 0 amide bonds. The highest BCUT2D eigenvalue weighted by Crippen LogP contribution is 1.83. The number of rotatable bonds is 6. The zero-order valence-electron chi connectivity index (χ0n) is 8.38. The van der Waals surface area contributed by atoms with Gasteiger partial charge in [-0.25, -0.2) is 4.99 Å². The normalized spacial score (nSPS) is 10.7. The van der Waals surface area contributed by atoms with E-state index in [1.807, 2.05) is 14.1 Å². The Balaban J connectivity index is 3.58. The molecule has 4 nitrogen and oxygen atoms in total. The maximum absolute atomic E-state index is 5.25. The van der Waals surface area contributed by atoms with Gasteiger partial charge in [0.05, 0.1) is 6.21 Å². The Labute approximate surface area is 79.8 Å². The molecule has 0 saturated heterocycles. The lowest BCUT2D eigenvalue weighted by molar-refractivity contribution is 0.409. The molecule has 0 bridgehead atoms. The molecule has 0 aliphatic heterocycles. The molecule has 0 aromatic carbocycles. The first kappa shape index (κ1) is 11.7. The summed E-state index contributed by atoms with van der Waals surface area (Å²) in [5, 5.41) is 3.09. The molecular formula is C9H18N4. The average Bonchev–Trinajstić information content (AvgIpc) is 2.00. The summed E-state index contributed by atoms with van der Waals surface area (Å²) >= 11 is 0. The Bertz CT molecular complexity index is 206. The van der Waals surface area contributed by atoms with E-state index in [0.29, 0.717) is 0 Å². The van der Waals surface area contributed by atoms with Gasteiger partial charge in [-0.15, -0.1) is 0 Å². The molecule has 13 heavy (non-hydrogen) atoms. The van der Waals surface area contributed by atoms with Gasteiger partial charge < -0.3 is 16.0 Å². The number of allylic oxidation sites excluding steroid dienone is 1. The zero-order chi connectivity index (χ0) is 10.3. The minimum atomic E-state index is 0.288. The van der Waals surface area contributed by atoms with E-state index in [-0.39, 0.29) is 5.82 Å². The van der Waals surface area contributed by atoms with Crippen molar-refractivity contribution in [3.05, 3.63) is 24.7 Å². The Morgan fingerprint density at radius 2 is 2.15 bits per heavy atom. The van der Waals surface area contributed by atoms with Gasteiger partial charge in [0.1, 0.15) is 5.82 Å². The SMILES string of the molecule is C=C(N)/N=C\C(=C)NCCN(C)C. The van der Waals surface area contributed by atoms with Crippen molar-refractivity contribution in [1.82, 2.24) is 10.2 Å². The van der Waals surface area contributed by atoms with Crippen LogP contribution in [-0.4, -0.2) is 38.3 Å². The Morgan fingerprint density at radius 1 is 1.54 bits per heavy atom. The molecule has 0 unspecified atom stereocenters. The van der Waals surface area contributed by atoms with Crippen molar-refractivity contribution in [3.8, 4) is 0 Å². The summed E-state index contributed by atoms with van der Waals surface area (Å²) in [5.74, 6) is 0.288. The molecule has 0 rings (SSSR count). The first-order valence-electron chi connectivity index (χ1n) is 4.08. The Hall–Kier alpha value is -1.29. The molecule has 0 aromatic rings. The van der Waals surface area contributed by atoms with Crippen LogP contribution in [0.2, 0.25) is 0 Å². The fraction of sp³-hybridized carbons (Fsp3) is 0.444. The van der Waals surface area contributed by atoms with Gasteiger partial charge in [-0.1, -0.05) is 13.2 Å². The number of hydrogen-bond acceptors (Lipinski definition) is 4. The molecule has 0 spiro atoms. The lowest BCUT2D eigenvalue weighted by atomic mass is 10.5. The van der Waals surface area contributed by atoms with Gasteiger partial charge in [-0.05, 0) is 14.1 Å². The highest BCUT2D eigenvalue weighted by molar-refractivity contribution is 5.77. The number of hydrogen-bond donors (Lipinski definition) is 2. The Kier molecular flexibility index (Phi) is 5.63. The van der Waals surface area contributed by atoms with Gasteiger partial charge >= 0.3 is 0 Å². The third kappa shape index (κ3) is 8.62. The van der Waals surface area contributed by atoms with Crippen LogP contribution in [-0.2, 0) is 0 Å². The standard InChI is InChI=1S/C9H18N4/c1-8(7-12-9(2)10)11-5-6-13(3)4/h7,11H,1-2,5-6,10H2,3-4H3/b12-7-. The summed E-state index contributed by atoms with van der Waals surface area (Å²) < 4.78 is 0. The maximum atomic E-state index is 5.25. The monoisotopic (exact) mass is 182 g/mol. The third-order valence-corrected chi connectivity index (χ3v) is 1.30. The van der Waals surface area contributed by atoms with Crippen LogP contribution in [0.5, 0.6) is 0 Å². The largest absolute Gasteiger partial charge is 0.384 e. The van der Waals surface area contributed by atoms with E-state index >= 15 is 0 Å². The van der Waals surface area contributed by atoms with Crippen LogP contribution < -0.4 is 11.1 Å². The molecule has 3 N–H and O–H groups in total. The summed E-state index contributed by atoms with van der Waals surface area (Å²) in [5.41, 5.74) is 5.99. The van der Waals surface area contributed by atoms with E-state index in [4.69, 9.17) is 5.73 Å². The summed E-state index contributed by atoms with van der Waals surface area (Å²) in [6.45, 7) is 8.98. The number of aliphatic imine (C=N–C) groups is 1. The van der Waals surface area contributed by atoms with E-state index in [2.05, 4.69) is 28.4 Å². The van der Waals surface area contributed by atoms with Crippen LogP contribution in [0.3, 0.4) is 0 Å². The topological polar surface area (TPSA) is 53.6 Å². The molecule has 0 aliphatic carbocycles. The predicted molar refractivity (Wildman–Crippen MR) is 57.5 cm³/mol. The summed E-state index contributed by atoms with van der Waals surface area (Å²) in [6.07, 6.45) is 1.57. The fourth-order valence-electron chi connectivity index (χ4n) is 0.647. The van der Waals surface area contributed by atoms with E-state index < -0.39 is 0 Å². The van der Waals surface area contributed by atoms with Crippen LogP contribution in [0, 0.1) is 0 Å². The molecule has 0 atom stereocenters. The number of nitrogens with one attached hydrogen (secondary N) is 1. The molecule has 0 saturated carbocycles. The van der Waals surface area contributed by atoms with Crippen molar-refractivity contribution in [2.24, 2.45) is 10.7 Å². The second-order valence-corrected chi connectivity index (χ2v) is 3.00. The van der Waals surface area contributed by atoms with Crippen LogP contribution in [0.15, 0.2) is 29.7 Å². The fourth-order valence-corrected chi connectivity index (χ4v) is 0.647. The van der Waals surface area contributed by atoms with Gasteiger partial charge in [0.15, 0.2) is 0 Å². The number of nitrogens with two attached hydrogens (primary N) is 1. The number of nitrogens with zero attached hydrogens (tertiary/aromatic N) is 2. The maximum Gasteiger partial charge on any atom is 0.116 e. The lowest BCUT2D eigenvalue weighted by Gasteiger charge is -2.10. The average molecular weight is 182 g/mol. The van der Waals surface area contributed by atoms with Crippen LogP contribution in [0.4, 0.5) is 0 Å². The van der Waals surface area contributed by atoms with Crippen LogP contribution >= 0.6 is 0 Å². The van der Waals surface area contributed by atoms with E-state index in [0.717, 1.165) is 18.8 Å². The van der Waals surface area contributed by atoms with Crippen LogP contribution in [0.1, 0.15) is 0 Å². The summed E-state index contributed by atoms with van der Waals surface area (Å²) in [4.78, 5) is 5.89. The molecule has 74 valence electrons. The quantitative estimate of drug-likeness (QED) is 0.575. The Morgan fingerprint density at radius 3 is 2.62 bits per heavy atom. The first-order chi connectivity index (χ1) is 6.02.